The average molecular weight is 214 g/mol. The van der Waals surface area contributed by atoms with Crippen LogP contribution in [0.15, 0.2) is 0 Å². The minimum atomic E-state index is 1.25. The molecule has 2 heterocycles. The van der Waals surface area contributed by atoms with Gasteiger partial charge in [-0.25, -0.2) is 0 Å². The van der Waals surface area contributed by atoms with E-state index in [0.29, 0.717) is 0 Å². The van der Waals surface area contributed by atoms with Crippen LogP contribution in [0.25, 0.3) is 0 Å². The summed E-state index contributed by atoms with van der Waals surface area (Å²) in [6.07, 6.45) is 9.68. The van der Waals surface area contributed by atoms with Crippen molar-refractivity contribution in [3.63, 3.8) is 0 Å². The van der Waals surface area contributed by atoms with Crippen molar-refractivity contribution < 1.29 is 0 Å². The maximum Gasteiger partial charge on any atom is -0.00489 e. The first-order valence-electron chi connectivity index (χ1n) is 6.83. The third-order valence-corrected chi connectivity index (χ3v) is 2.41. The zero-order valence-corrected chi connectivity index (χ0v) is 10.8. The summed E-state index contributed by atoms with van der Waals surface area (Å²) in [6.45, 7) is 9.25. The minimum absolute atomic E-state index is 1.25. The molecule has 2 heteroatoms. The van der Waals surface area contributed by atoms with Crippen LogP contribution in [0.5, 0.6) is 0 Å². The summed E-state index contributed by atoms with van der Waals surface area (Å²) in [6, 6.07) is 0. The molecule has 0 saturated carbocycles. The molecule has 0 amide bonds. The van der Waals surface area contributed by atoms with Gasteiger partial charge in [-0.15, -0.1) is 0 Å². The SMILES string of the molecule is C1CCNCC1.C1CCNCC1.CCC. The van der Waals surface area contributed by atoms with Gasteiger partial charge in [0.2, 0.25) is 0 Å². The quantitative estimate of drug-likeness (QED) is 0.648. The number of piperidine rings is 2. The van der Waals surface area contributed by atoms with E-state index in [1.165, 1.54) is 71.1 Å². The van der Waals surface area contributed by atoms with E-state index in [2.05, 4.69) is 24.5 Å². The highest BCUT2D eigenvalue weighted by Crippen LogP contribution is 1.97. The first-order chi connectivity index (χ1) is 7.41. The van der Waals surface area contributed by atoms with Crippen LogP contribution in [-0.4, -0.2) is 26.2 Å². The molecule has 2 fully saturated rings. The fraction of sp³-hybridized carbons (Fsp3) is 1.00. The van der Waals surface area contributed by atoms with Crippen LogP contribution < -0.4 is 10.6 Å². The molecular formula is C13H30N2. The van der Waals surface area contributed by atoms with Gasteiger partial charge < -0.3 is 10.6 Å². The molecule has 2 nitrogen and oxygen atoms in total. The standard InChI is InChI=1S/2C5H11N.C3H8/c2*1-2-4-6-5-3-1;1-3-2/h2*6H,1-5H2;3H2,1-2H3. The number of hydrogen-bond acceptors (Lipinski definition) is 2. The summed E-state index contributed by atoms with van der Waals surface area (Å²) in [4.78, 5) is 0. The molecule has 92 valence electrons. The Hall–Kier alpha value is -0.0800. The molecule has 2 N–H and O–H groups in total. The Balaban J connectivity index is 0.000000210. The Morgan fingerprint density at radius 3 is 0.933 bits per heavy atom. The maximum absolute atomic E-state index is 3.28. The van der Waals surface area contributed by atoms with Gasteiger partial charge in [-0.2, -0.15) is 0 Å². The molecule has 0 aliphatic carbocycles. The molecule has 0 aromatic carbocycles. The van der Waals surface area contributed by atoms with E-state index in [0.717, 1.165) is 0 Å². The van der Waals surface area contributed by atoms with Crippen molar-refractivity contribution in [2.75, 3.05) is 26.2 Å². The van der Waals surface area contributed by atoms with Crippen molar-refractivity contribution in [3.8, 4) is 0 Å². The highest BCUT2D eigenvalue weighted by molar-refractivity contribution is 4.55. The highest BCUT2D eigenvalue weighted by atomic mass is 14.9. The summed E-state index contributed by atoms with van der Waals surface area (Å²) in [7, 11) is 0. The molecule has 0 spiro atoms. The van der Waals surface area contributed by atoms with Crippen LogP contribution in [-0.2, 0) is 0 Å². The Labute approximate surface area is 96.2 Å². The van der Waals surface area contributed by atoms with Crippen LogP contribution in [0, 0.1) is 0 Å². The van der Waals surface area contributed by atoms with Crippen LogP contribution in [0.4, 0.5) is 0 Å². The zero-order chi connectivity index (χ0) is 11.2. The Morgan fingerprint density at radius 1 is 0.600 bits per heavy atom. The van der Waals surface area contributed by atoms with Crippen molar-refractivity contribution in [3.05, 3.63) is 0 Å². The Morgan fingerprint density at radius 2 is 0.867 bits per heavy atom. The lowest BCUT2D eigenvalue weighted by Gasteiger charge is -2.08. The van der Waals surface area contributed by atoms with Crippen molar-refractivity contribution in [1.82, 2.24) is 10.6 Å². The van der Waals surface area contributed by atoms with Crippen LogP contribution in [0.1, 0.15) is 58.8 Å². The van der Waals surface area contributed by atoms with Gasteiger partial charge in [0.15, 0.2) is 0 Å². The van der Waals surface area contributed by atoms with Gasteiger partial charge in [0.25, 0.3) is 0 Å². The molecule has 0 atom stereocenters. The van der Waals surface area contributed by atoms with Gasteiger partial charge in [0.05, 0.1) is 0 Å². The zero-order valence-electron chi connectivity index (χ0n) is 10.8. The van der Waals surface area contributed by atoms with Gasteiger partial charge in [-0.3, -0.25) is 0 Å². The fourth-order valence-electron chi connectivity index (χ4n) is 1.60. The van der Waals surface area contributed by atoms with Gasteiger partial charge in [0, 0.05) is 0 Å². The third kappa shape index (κ3) is 13.9. The minimum Gasteiger partial charge on any atom is -0.317 e. The van der Waals surface area contributed by atoms with Gasteiger partial charge in [0.1, 0.15) is 0 Å². The topological polar surface area (TPSA) is 24.1 Å². The fourth-order valence-corrected chi connectivity index (χ4v) is 1.60. The van der Waals surface area contributed by atoms with Crippen molar-refractivity contribution in [1.29, 1.82) is 0 Å². The van der Waals surface area contributed by atoms with E-state index in [4.69, 9.17) is 0 Å². The second kappa shape index (κ2) is 13.9. The summed E-state index contributed by atoms with van der Waals surface area (Å²) in [5, 5.41) is 6.57. The predicted octanol–water partition coefficient (Wildman–Crippen LogP) is 2.94. The normalized spacial score (nSPS) is 20.4. The van der Waals surface area contributed by atoms with Gasteiger partial charge >= 0.3 is 0 Å². The molecule has 2 saturated heterocycles. The van der Waals surface area contributed by atoms with Crippen LogP contribution in [0.2, 0.25) is 0 Å². The summed E-state index contributed by atoms with van der Waals surface area (Å²) < 4.78 is 0. The lowest BCUT2D eigenvalue weighted by molar-refractivity contribution is 0.520. The van der Waals surface area contributed by atoms with Crippen LogP contribution in [0.3, 0.4) is 0 Å². The molecule has 2 aliphatic heterocycles. The summed E-state index contributed by atoms with van der Waals surface area (Å²) in [5.41, 5.74) is 0. The monoisotopic (exact) mass is 214 g/mol. The van der Waals surface area contributed by atoms with Crippen molar-refractivity contribution in [2.24, 2.45) is 0 Å². The molecular weight excluding hydrogens is 184 g/mol. The van der Waals surface area contributed by atoms with E-state index in [1.807, 2.05) is 0 Å². The molecule has 0 aromatic rings. The molecule has 2 rings (SSSR count). The Bertz CT molecular complexity index is 61.7. The summed E-state index contributed by atoms with van der Waals surface area (Å²) in [5.74, 6) is 0. The molecule has 0 aromatic heterocycles. The molecule has 15 heavy (non-hydrogen) atoms. The number of rotatable bonds is 0. The summed E-state index contributed by atoms with van der Waals surface area (Å²) >= 11 is 0. The molecule has 0 radical (unpaired) electrons. The molecule has 0 bridgehead atoms. The van der Waals surface area contributed by atoms with E-state index in [9.17, 15) is 0 Å². The highest BCUT2D eigenvalue weighted by Gasteiger charge is 1.94. The lowest BCUT2D eigenvalue weighted by atomic mass is 10.2. The second-order valence-electron chi connectivity index (χ2n) is 4.33. The molecule has 0 unspecified atom stereocenters. The van der Waals surface area contributed by atoms with E-state index >= 15 is 0 Å². The first-order valence-corrected chi connectivity index (χ1v) is 6.83. The second-order valence-corrected chi connectivity index (χ2v) is 4.33. The van der Waals surface area contributed by atoms with Crippen molar-refractivity contribution >= 4 is 0 Å². The third-order valence-electron chi connectivity index (χ3n) is 2.41. The van der Waals surface area contributed by atoms with E-state index in [-0.39, 0.29) is 0 Å². The van der Waals surface area contributed by atoms with Crippen molar-refractivity contribution in [2.45, 2.75) is 58.8 Å². The van der Waals surface area contributed by atoms with E-state index in [1.54, 1.807) is 0 Å². The Kier molecular flexibility index (Phi) is 13.8. The first kappa shape index (κ1) is 14.9. The van der Waals surface area contributed by atoms with Gasteiger partial charge in [-0.1, -0.05) is 33.1 Å². The maximum atomic E-state index is 3.28. The number of nitrogens with one attached hydrogen (secondary N) is 2. The van der Waals surface area contributed by atoms with E-state index < -0.39 is 0 Å². The van der Waals surface area contributed by atoms with Crippen LogP contribution >= 0.6 is 0 Å². The number of hydrogen-bond donors (Lipinski definition) is 2. The lowest BCUT2D eigenvalue weighted by Crippen LogP contribution is -2.21. The smallest absolute Gasteiger partial charge is 0.00489 e. The molecule has 2 aliphatic rings. The average Bonchev–Trinajstić information content (AvgIpc) is 2.35. The largest absolute Gasteiger partial charge is 0.317 e. The van der Waals surface area contributed by atoms with Gasteiger partial charge in [-0.05, 0) is 51.9 Å². The predicted molar refractivity (Wildman–Crippen MR) is 69.4 cm³/mol.